The van der Waals surface area contributed by atoms with Gasteiger partial charge in [-0.05, 0) is 0 Å². The standard InChI is InChI=1S/2C22H19.C2H7Si.2ClH.Hf/c2*1-15(2)18-13-17-9-6-12-21(22(17)14-18)20-11-5-8-16-7-3-4-10-19(16)20;1-3-2;;;/h2*3-15H,1-2H3;3H,1-2H3;2*1H;/q;;;;;+2/p-2. The van der Waals surface area contributed by atoms with Gasteiger partial charge in [0.05, 0.1) is 0 Å². The quantitative estimate of drug-likeness (QED) is 0.140. The third-order valence-corrected chi connectivity index (χ3v) is 84.5. The molecule has 50 heavy (non-hydrogen) atoms. The average molecular weight is 875 g/mol. The molecule has 0 spiro atoms. The number of fused-ring (bicyclic) bond motifs is 4. The fourth-order valence-electron chi connectivity index (χ4n) is 9.31. The third-order valence-electron chi connectivity index (χ3n) is 11.9. The fourth-order valence-corrected chi connectivity index (χ4v) is 53.9. The molecule has 2 atom stereocenters. The van der Waals surface area contributed by atoms with E-state index in [4.69, 9.17) is 17.2 Å². The summed E-state index contributed by atoms with van der Waals surface area (Å²) in [4.78, 5) is 0. The second-order valence-electron chi connectivity index (χ2n) is 15.5. The Labute approximate surface area is 306 Å². The first-order valence-corrected chi connectivity index (χ1v) is 40.4. The first-order valence-electron chi connectivity index (χ1n) is 18.2. The number of hydrogen-bond donors (Lipinski definition) is 0. The molecule has 0 radical (unpaired) electrons. The van der Waals surface area contributed by atoms with Crippen molar-refractivity contribution >= 4 is 56.8 Å². The first-order chi connectivity index (χ1) is 24.0. The van der Waals surface area contributed by atoms with Crippen LogP contribution in [0.5, 0.6) is 0 Å². The summed E-state index contributed by atoms with van der Waals surface area (Å²) in [6, 6.07) is 44.7. The second kappa shape index (κ2) is 12.6. The van der Waals surface area contributed by atoms with Gasteiger partial charge in [0.25, 0.3) is 0 Å². The number of halogens is 2. The molecule has 0 bridgehead atoms. The van der Waals surface area contributed by atoms with Crippen molar-refractivity contribution in [1.82, 2.24) is 0 Å². The average Bonchev–Trinajstić information content (AvgIpc) is 3.73. The zero-order chi connectivity index (χ0) is 35.0. The number of allylic oxidation sites excluding steroid dienone is 2. The van der Waals surface area contributed by atoms with Crippen molar-refractivity contribution in [3.8, 4) is 22.3 Å². The maximum absolute atomic E-state index is 8.83. The summed E-state index contributed by atoms with van der Waals surface area (Å²) in [5.74, 6) is -1.05. The Bertz CT molecular complexity index is 2210. The normalized spacial score (nSPS) is 18.0. The third kappa shape index (κ3) is 5.07. The van der Waals surface area contributed by atoms with E-state index in [0.717, 1.165) is 0 Å². The molecule has 0 heterocycles. The SMILES string of the molecule is CC(C)C1=Cc2c(-c3cccc4ccccc34)cccc2[CH]1[Hf]([Cl])([Cl])([CH]1C(C(C)C)=Cc2c(-c3cccc4ccccc34)cccc21)[SiH](C)C. The van der Waals surface area contributed by atoms with E-state index in [9.17, 15) is 0 Å². The minimum atomic E-state index is -5.12. The van der Waals surface area contributed by atoms with Crippen molar-refractivity contribution in [3.63, 3.8) is 0 Å². The van der Waals surface area contributed by atoms with Gasteiger partial charge in [-0.1, -0.05) is 0 Å². The Hall–Kier alpha value is -3.01. The van der Waals surface area contributed by atoms with Crippen molar-refractivity contribution < 1.29 is 15.3 Å². The van der Waals surface area contributed by atoms with Crippen molar-refractivity contribution in [2.75, 3.05) is 0 Å². The summed E-state index contributed by atoms with van der Waals surface area (Å²) in [6.45, 7) is 14.3. The van der Waals surface area contributed by atoms with Gasteiger partial charge in [0.2, 0.25) is 0 Å². The van der Waals surface area contributed by atoms with E-state index in [0.29, 0.717) is 11.8 Å². The molecule has 8 rings (SSSR count). The van der Waals surface area contributed by atoms with Crippen molar-refractivity contribution in [2.24, 2.45) is 11.8 Å². The predicted molar refractivity (Wildman–Crippen MR) is 220 cm³/mol. The fraction of sp³-hybridized carbons (Fsp3) is 0.217. The summed E-state index contributed by atoms with van der Waals surface area (Å²) in [6.07, 6.45) is 5.00. The molecule has 0 aromatic heterocycles. The zero-order valence-electron chi connectivity index (χ0n) is 29.8. The molecule has 0 amide bonds. The summed E-state index contributed by atoms with van der Waals surface area (Å²) in [5, 5.41) is 5.08. The van der Waals surface area contributed by atoms with E-state index in [1.807, 2.05) is 0 Å². The van der Waals surface area contributed by atoms with Gasteiger partial charge in [-0.2, -0.15) is 0 Å². The second-order valence-corrected chi connectivity index (χ2v) is 74.8. The predicted octanol–water partition coefficient (Wildman–Crippen LogP) is 14.2. The molecule has 0 fully saturated rings. The number of benzene rings is 6. The molecule has 0 saturated carbocycles. The Kier molecular flexibility index (Phi) is 8.58. The summed E-state index contributed by atoms with van der Waals surface area (Å²) in [7, 11) is 17.7. The van der Waals surface area contributed by atoms with Gasteiger partial charge in [0.15, 0.2) is 0 Å². The number of rotatable bonds is 7. The molecule has 0 nitrogen and oxygen atoms in total. The van der Waals surface area contributed by atoms with Crippen LogP contribution in [-0.4, -0.2) is 5.98 Å². The van der Waals surface area contributed by atoms with E-state index in [2.05, 4.69) is 174 Å². The molecule has 251 valence electrons. The Morgan fingerprint density at radius 2 is 0.840 bits per heavy atom. The molecule has 4 heteroatoms. The molecule has 0 aliphatic heterocycles. The summed E-state index contributed by atoms with van der Waals surface area (Å²) < 4.78 is 0.123. The monoisotopic (exact) mass is 875 g/mol. The van der Waals surface area contributed by atoms with Crippen molar-refractivity contribution in [1.29, 1.82) is 0 Å². The molecule has 6 aromatic carbocycles. The molecule has 2 aliphatic carbocycles. The van der Waals surface area contributed by atoms with Gasteiger partial charge in [-0.25, -0.2) is 0 Å². The number of hydrogen-bond acceptors (Lipinski definition) is 0. The van der Waals surface area contributed by atoms with Crippen LogP contribution in [0.15, 0.2) is 132 Å². The molecular formula is C46H45Cl2HfSi. The Balaban J connectivity index is 1.38. The van der Waals surface area contributed by atoms with E-state index in [-0.39, 0.29) is 7.35 Å². The molecule has 0 N–H and O–H groups in total. The molecular weight excluding hydrogens is 830 g/mol. The maximum atomic E-state index is 8.83. The topological polar surface area (TPSA) is 0 Å². The molecule has 2 aliphatic rings. The van der Waals surface area contributed by atoms with Crippen LogP contribution < -0.4 is 0 Å². The van der Waals surface area contributed by atoms with Crippen LogP contribution in [0.4, 0.5) is 0 Å². The summed E-state index contributed by atoms with van der Waals surface area (Å²) in [5.41, 5.74) is 13.3. The van der Waals surface area contributed by atoms with Crippen molar-refractivity contribution in [3.05, 3.63) is 155 Å². The molecule has 6 aromatic rings. The van der Waals surface area contributed by atoms with Crippen LogP contribution in [0, 0.1) is 11.8 Å². The molecule has 2 unspecified atom stereocenters. The summed E-state index contributed by atoms with van der Waals surface area (Å²) >= 11 is -5.12. The van der Waals surface area contributed by atoms with Crippen LogP contribution in [0.2, 0.25) is 13.1 Å². The van der Waals surface area contributed by atoms with E-state index in [1.54, 1.807) is 0 Å². The van der Waals surface area contributed by atoms with E-state index in [1.165, 1.54) is 77.2 Å². The van der Waals surface area contributed by atoms with Gasteiger partial charge in [0, 0.05) is 0 Å². The van der Waals surface area contributed by atoms with Crippen LogP contribution >= 0.6 is 17.2 Å². The molecule has 0 saturated heterocycles. The first kappa shape index (κ1) is 34.1. The minimum absolute atomic E-state index is 0.0613. The van der Waals surface area contributed by atoms with Gasteiger partial charge < -0.3 is 0 Å². The van der Waals surface area contributed by atoms with Crippen LogP contribution in [0.25, 0.3) is 56.0 Å². The Morgan fingerprint density at radius 3 is 1.24 bits per heavy atom. The van der Waals surface area contributed by atoms with Crippen LogP contribution in [-0.2, 0) is 15.3 Å². The van der Waals surface area contributed by atoms with Gasteiger partial charge in [-0.15, -0.1) is 0 Å². The van der Waals surface area contributed by atoms with Crippen LogP contribution in [0.1, 0.15) is 57.3 Å². The van der Waals surface area contributed by atoms with Gasteiger partial charge >= 0.3 is 309 Å². The zero-order valence-corrected chi connectivity index (χ0v) is 36.1. The van der Waals surface area contributed by atoms with Crippen LogP contribution in [0.3, 0.4) is 0 Å². The van der Waals surface area contributed by atoms with Gasteiger partial charge in [0.1, 0.15) is 0 Å². The van der Waals surface area contributed by atoms with E-state index >= 15 is 0 Å². The van der Waals surface area contributed by atoms with Gasteiger partial charge in [-0.3, -0.25) is 0 Å². The van der Waals surface area contributed by atoms with E-state index < -0.39 is 21.3 Å². The van der Waals surface area contributed by atoms with Crippen molar-refractivity contribution in [2.45, 2.75) is 48.1 Å². The Morgan fingerprint density at radius 1 is 0.480 bits per heavy atom.